The Morgan fingerprint density at radius 3 is 2.27 bits per heavy atom. The van der Waals surface area contributed by atoms with E-state index in [0.717, 1.165) is 23.1 Å². The van der Waals surface area contributed by atoms with Gasteiger partial charge in [-0.15, -0.1) is 0 Å². The number of carbonyl (C=O) groups excluding carboxylic acids is 1. The summed E-state index contributed by atoms with van der Waals surface area (Å²) < 4.78 is 11.8. The van der Waals surface area contributed by atoms with Gasteiger partial charge in [0.1, 0.15) is 0 Å². The van der Waals surface area contributed by atoms with Crippen molar-refractivity contribution in [2.45, 2.75) is 26.3 Å². The second kappa shape index (κ2) is 13.2. The molecule has 0 aliphatic heterocycles. The molecule has 0 heterocycles. The minimum Gasteiger partial charge on any atom is -0.465 e. The fourth-order valence-corrected chi connectivity index (χ4v) is 4.56. The molecule has 2 amide bonds. The summed E-state index contributed by atoms with van der Waals surface area (Å²) in [4.78, 5) is 26.5. The number of anilines is 2. The highest BCUT2D eigenvalue weighted by Crippen LogP contribution is 2.34. The summed E-state index contributed by atoms with van der Waals surface area (Å²) in [6.45, 7) is 7.20. The lowest BCUT2D eigenvalue weighted by atomic mass is 10.0. The van der Waals surface area contributed by atoms with E-state index in [-0.39, 0.29) is 5.91 Å². The molecule has 8 heteroatoms. The van der Waals surface area contributed by atoms with Gasteiger partial charge in [-0.05, 0) is 60.7 Å². The van der Waals surface area contributed by atoms with Crippen LogP contribution in [-0.4, -0.2) is 49.7 Å². The van der Waals surface area contributed by atoms with Gasteiger partial charge < -0.3 is 20.3 Å². The van der Waals surface area contributed by atoms with E-state index in [4.69, 9.17) is 0 Å². The number of nitrogens with zero attached hydrogens (tertiary/aromatic N) is 1. The Morgan fingerprint density at radius 1 is 0.946 bits per heavy atom. The zero-order valence-corrected chi connectivity index (χ0v) is 22.6. The third-order valence-electron chi connectivity index (χ3n) is 5.98. The van der Waals surface area contributed by atoms with Crippen molar-refractivity contribution in [1.29, 1.82) is 0 Å². The van der Waals surface area contributed by atoms with E-state index in [1.807, 2.05) is 61.5 Å². The van der Waals surface area contributed by atoms with Crippen molar-refractivity contribution in [3.63, 3.8) is 0 Å². The largest absolute Gasteiger partial charge is 0.465 e. The van der Waals surface area contributed by atoms with Gasteiger partial charge in [0, 0.05) is 31.4 Å². The van der Waals surface area contributed by atoms with E-state index in [1.165, 1.54) is 4.90 Å². The number of hydrogen-bond donors (Lipinski definition) is 3. The number of carboxylic acid groups (broad SMARTS) is 1. The number of unbranched alkanes of at least 4 members (excludes halogenated alkanes) is 1. The van der Waals surface area contributed by atoms with Gasteiger partial charge >= 0.3 is 6.09 Å². The molecule has 0 aliphatic rings. The van der Waals surface area contributed by atoms with Crippen LogP contribution in [0.1, 0.15) is 35.7 Å². The first-order valence-corrected chi connectivity index (χ1v) is 15.3. The van der Waals surface area contributed by atoms with Crippen molar-refractivity contribution in [3.05, 3.63) is 83.9 Å². The SMILES string of the molecule is CCCCN(C(=O)O)c1ccc(-c2ccccc2)cc1NC(=O)c1ccc(CNCCP(C)(C)=O)cc1. The van der Waals surface area contributed by atoms with Gasteiger partial charge in [0.05, 0.1) is 18.5 Å². The van der Waals surface area contributed by atoms with Crippen LogP contribution in [0.5, 0.6) is 0 Å². The maximum atomic E-state index is 13.2. The Bertz CT molecular complexity index is 1240. The van der Waals surface area contributed by atoms with Gasteiger partial charge in [-0.25, -0.2) is 4.79 Å². The van der Waals surface area contributed by atoms with Crippen molar-refractivity contribution in [2.24, 2.45) is 0 Å². The second-order valence-corrected chi connectivity index (χ2v) is 13.1. The van der Waals surface area contributed by atoms with Crippen molar-refractivity contribution >= 4 is 30.5 Å². The Hall–Kier alpha value is -3.41. The van der Waals surface area contributed by atoms with Gasteiger partial charge in [-0.1, -0.05) is 61.9 Å². The average molecular weight is 522 g/mol. The monoisotopic (exact) mass is 521 g/mol. The summed E-state index contributed by atoms with van der Waals surface area (Å²) >= 11 is 0. The van der Waals surface area contributed by atoms with Gasteiger partial charge in [-0.2, -0.15) is 0 Å². The maximum Gasteiger partial charge on any atom is 0.411 e. The molecule has 3 N–H and O–H groups in total. The number of rotatable bonds is 12. The van der Waals surface area contributed by atoms with E-state index in [9.17, 15) is 19.3 Å². The molecule has 0 saturated heterocycles. The number of carbonyl (C=O) groups is 2. The molecule has 3 aromatic carbocycles. The second-order valence-electron chi connectivity index (χ2n) is 9.51. The molecule has 0 atom stereocenters. The third kappa shape index (κ3) is 8.59. The van der Waals surface area contributed by atoms with E-state index in [0.29, 0.717) is 49.2 Å². The Kier molecular flexibility index (Phi) is 10.1. The number of benzene rings is 3. The van der Waals surface area contributed by atoms with Crippen LogP contribution in [0.4, 0.5) is 16.2 Å². The maximum absolute atomic E-state index is 13.2. The van der Waals surface area contributed by atoms with Crippen molar-refractivity contribution in [3.8, 4) is 11.1 Å². The summed E-state index contributed by atoms with van der Waals surface area (Å²) in [6, 6.07) is 22.5. The third-order valence-corrected chi connectivity index (χ3v) is 7.28. The first-order valence-electron chi connectivity index (χ1n) is 12.5. The fraction of sp³-hybridized carbons (Fsp3) is 0.310. The molecule has 0 spiro atoms. The Balaban J connectivity index is 1.81. The standard InChI is InChI=1S/C29H36N3O4P/c1-4-5-18-32(29(34)35)27-16-15-25(23-9-7-6-8-10-23)20-26(27)31-28(33)24-13-11-22(12-14-24)21-30-17-19-37(2,3)36/h6-16,20,30H,4-5,17-19,21H2,1-3H3,(H,31,33)(H,34,35). The Morgan fingerprint density at radius 2 is 1.65 bits per heavy atom. The molecule has 0 fully saturated rings. The zero-order chi connectivity index (χ0) is 26.8. The first-order chi connectivity index (χ1) is 17.7. The molecule has 7 nitrogen and oxygen atoms in total. The summed E-state index contributed by atoms with van der Waals surface area (Å²) in [6.07, 6.45) is 1.15. The van der Waals surface area contributed by atoms with E-state index in [1.54, 1.807) is 31.5 Å². The van der Waals surface area contributed by atoms with Crippen LogP contribution in [0, 0.1) is 0 Å². The molecule has 0 aromatic heterocycles. The van der Waals surface area contributed by atoms with E-state index in [2.05, 4.69) is 10.6 Å². The van der Waals surface area contributed by atoms with E-state index >= 15 is 0 Å². The van der Waals surface area contributed by atoms with Crippen LogP contribution in [0.3, 0.4) is 0 Å². The minimum atomic E-state index is -2.04. The molecular weight excluding hydrogens is 485 g/mol. The van der Waals surface area contributed by atoms with Gasteiger partial charge in [-0.3, -0.25) is 9.69 Å². The molecule has 0 saturated carbocycles. The van der Waals surface area contributed by atoms with Crippen LogP contribution in [0.15, 0.2) is 72.8 Å². The van der Waals surface area contributed by atoms with E-state index < -0.39 is 13.2 Å². The minimum absolute atomic E-state index is 0.315. The topological polar surface area (TPSA) is 98.7 Å². The normalized spacial score (nSPS) is 11.2. The van der Waals surface area contributed by atoms with Crippen LogP contribution in [-0.2, 0) is 11.1 Å². The molecule has 37 heavy (non-hydrogen) atoms. The highest BCUT2D eigenvalue weighted by atomic mass is 31.2. The predicted octanol–water partition coefficient (Wildman–Crippen LogP) is 6.60. The molecular formula is C29H36N3O4P. The van der Waals surface area contributed by atoms with Crippen LogP contribution in [0.25, 0.3) is 11.1 Å². The van der Waals surface area contributed by atoms with Crippen molar-refractivity contribution < 1.29 is 19.3 Å². The van der Waals surface area contributed by atoms with Crippen molar-refractivity contribution in [2.75, 3.05) is 42.8 Å². The summed E-state index contributed by atoms with van der Waals surface area (Å²) in [5.74, 6) is -0.315. The lowest BCUT2D eigenvalue weighted by molar-refractivity contribution is 0.102. The lowest BCUT2D eigenvalue weighted by Crippen LogP contribution is -2.31. The molecule has 0 bridgehead atoms. The smallest absolute Gasteiger partial charge is 0.411 e. The average Bonchev–Trinajstić information content (AvgIpc) is 2.87. The first kappa shape index (κ1) is 28.2. The van der Waals surface area contributed by atoms with Gasteiger partial charge in [0.15, 0.2) is 0 Å². The predicted molar refractivity (Wildman–Crippen MR) is 153 cm³/mol. The number of hydrogen-bond acceptors (Lipinski definition) is 4. The summed E-state index contributed by atoms with van der Waals surface area (Å²) in [5, 5.41) is 16.1. The molecule has 196 valence electrons. The lowest BCUT2D eigenvalue weighted by Gasteiger charge is -2.23. The highest BCUT2D eigenvalue weighted by Gasteiger charge is 2.20. The number of nitrogens with one attached hydrogen (secondary N) is 2. The zero-order valence-electron chi connectivity index (χ0n) is 21.7. The number of amides is 2. The molecule has 0 radical (unpaired) electrons. The molecule has 0 unspecified atom stereocenters. The quantitative estimate of drug-likeness (QED) is 0.184. The fourth-order valence-electron chi connectivity index (χ4n) is 3.87. The van der Waals surface area contributed by atoms with Crippen LogP contribution in [0.2, 0.25) is 0 Å². The van der Waals surface area contributed by atoms with Crippen molar-refractivity contribution in [1.82, 2.24) is 5.32 Å². The summed E-state index contributed by atoms with van der Waals surface area (Å²) in [5.41, 5.74) is 4.23. The Labute approximate surface area is 219 Å². The molecule has 3 aromatic rings. The highest BCUT2D eigenvalue weighted by molar-refractivity contribution is 7.62. The van der Waals surface area contributed by atoms with Gasteiger partial charge in [0.2, 0.25) is 0 Å². The summed E-state index contributed by atoms with van der Waals surface area (Å²) in [7, 11) is -2.04. The van der Waals surface area contributed by atoms with Crippen LogP contribution >= 0.6 is 7.14 Å². The van der Waals surface area contributed by atoms with Gasteiger partial charge in [0.25, 0.3) is 5.91 Å². The van der Waals surface area contributed by atoms with Crippen LogP contribution < -0.4 is 15.5 Å². The molecule has 0 aliphatic carbocycles. The molecule has 3 rings (SSSR count).